The first-order valence-electron chi connectivity index (χ1n) is 9.06. The predicted octanol–water partition coefficient (Wildman–Crippen LogP) is 4.53. The first kappa shape index (κ1) is 19.5. The van der Waals surface area contributed by atoms with Gasteiger partial charge in [-0.3, -0.25) is 4.79 Å². The van der Waals surface area contributed by atoms with E-state index in [1.165, 1.54) is 6.26 Å². The molecule has 0 saturated heterocycles. The van der Waals surface area contributed by atoms with Crippen LogP contribution in [-0.2, 0) is 9.53 Å². The molecule has 0 fully saturated rings. The number of aryl methyl sites for hydroxylation is 2. The summed E-state index contributed by atoms with van der Waals surface area (Å²) >= 11 is 0. The van der Waals surface area contributed by atoms with E-state index in [1.807, 2.05) is 39.0 Å². The lowest BCUT2D eigenvalue weighted by molar-refractivity contribution is -0.146. The molecule has 0 aliphatic heterocycles. The molecule has 146 valence electrons. The first-order valence-corrected chi connectivity index (χ1v) is 9.06. The van der Waals surface area contributed by atoms with Gasteiger partial charge in [-0.15, -0.1) is 0 Å². The zero-order chi connectivity index (χ0) is 20.1. The molecular formula is C22H22O6. The van der Waals surface area contributed by atoms with Crippen molar-refractivity contribution in [1.29, 1.82) is 0 Å². The van der Waals surface area contributed by atoms with Crippen molar-refractivity contribution in [2.24, 2.45) is 0 Å². The van der Waals surface area contributed by atoms with E-state index < -0.39 is 5.97 Å². The van der Waals surface area contributed by atoms with Crippen LogP contribution in [0, 0.1) is 13.8 Å². The van der Waals surface area contributed by atoms with Gasteiger partial charge in [-0.05, 0) is 55.7 Å². The Balaban J connectivity index is 1.78. The summed E-state index contributed by atoms with van der Waals surface area (Å²) in [6.07, 6.45) is 2.03. The highest BCUT2D eigenvalue weighted by molar-refractivity contribution is 5.79. The Morgan fingerprint density at radius 2 is 1.79 bits per heavy atom. The van der Waals surface area contributed by atoms with Crippen molar-refractivity contribution < 1.29 is 23.4 Å². The molecule has 0 unspecified atom stereocenters. The molecule has 3 aromatic rings. The molecule has 0 radical (unpaired) electrons. The van der Waals surface area contributed by atoms with Gasteiger partial charge in [-0.1, -0.05) is 13.0 Å². The number of hydrogen-bond donors (Lipinski definition) is 0. The highest BCUT2D eigenvalue weighted by atomic mass is 16.6. The summed E-state index contributed by atoms with van der Waals surface area (Å²) in [7, 11) is 0. The number of fused-ring (bicyclic) bond motifs is 1. The van der Waals surface area contributed by atoms with E-state index in [9.17, 15) is 9.59 Å². The van der Waals surface area contributed by atoms with Gasteiger partial charge in [0.05, 0.1) is 12.0 Å². The van der Waals surface area contributed by atoms with Crippen LogP contribution in [0.3, 0.4) is 0 Å². The molecule has 0 atom stereocenters. The lowest BCUT2D eigenvalue weighted by atomic mass is 10.1. The Bertz CT molecular complexity index is 1030. The molecule has 28 heavy (non-hydrogen) atoms. The summed E-state index contributed by atoms with van der Waals surface area (Å²) in [5.41, 5.74) is 2.14. The summed E-state index contributed by atoms with van der Waals surface area (Å²) in [6.45, 7) is 5.99. The third-order valence-electron chi connectivity index (χ3n) is 3.96. The number of carbonyl (C=O) groups excluding carboxylic acids is 1. The lowest BCUT2D eigenvalue weighted by Gasteiger charge is -2.09. The van der Waals surface area contributed by atoms with E-state index in [4.69, 9.17) is 18.6 Å². The van der Waals surface area contributed by atoms with Gasteiger partial charge in [0.25, 0.3) is 0 Å². The van der Waals surface area contributed by atoms with Gasteiger partial charge < -0.3 is 18.6 Å². The molecule has 0 N–H and O–H groups in total. The third-order valence-corrected chi connectivity index (χ3v) is 3.96. The minimum Gasteiger partial charge on any atom is -0.482 e. The molecule has 6 heteroatoms. The van der Waals surface area contributed by atoms with Crippen LogP contribution in [0.2, 0.25) is 0 Å². The maximum atomic E-state index is 12.7. The number of benzene rings is 2. The topological polar surface area (TPSA) is 75.0 Å². The van der Waals surface area contributed by atoms with Crippen molar-refractivity contribution in [3.63, 3.8) is 0 Å². The number of rotatable bonds is 7. The van der Waals surface area contributed by atoms with Crippen LogP contribution < -0.4 is 14.9 Å². The number of hydrogen-bond acceptors (Lipinski definition) is 6. The summed E-state index contributed by atoms with van der Waals surface area (Å²) in [5.74, 6) is 0.650. The highest BCUT2D eigenvalue weighted by Gasteiger charge is 2.11. The fourth-order valence-electron chi connectivity index (χ4n) is 2.77. The maximum Gasteiger partial charge on any atom is 0.344 e. The van der Waals surface area contributed by atoms with E-state index in [0.29, 0.717) is 29.1 Å². The van der Waals surface area contributed by atoms with Crippen LogP contribution in [0.4, 0.5) is 0 Å². The van der Waals surface area contributed by atoms with E-state index in [0.717, 1.165) is 17.5 Å². The molecule has 0 spiro atoms. The van der Waals surface area contributed by atoms with Crippen molar-refractivity contribution >= 4 is 16.9 Å². The van der Waals surface area contributed by atoms with Gasteiger partial charge in [0.2, 0.25) is 11.2 Å². The zero-order valence-electron chi connectivity index (χ0n) is 16.1. The van der Waals surface area contributed by atoms with E-state index >= 15 is 0 Å². The second-order valence-electron chi connectivity index (χ2n) is 6.52. The van der Waals surface area contributed by atoms with Gasteiger partial charge in [-0.25, -0.2) is 4.79 Å². The number of carbonyl (C=O) groups is 1. The summed E-state index contributed by atoms with van der Waals surface area (Å²) in [4.78, 5) is 24.2. The molecule has 0 saturated carbocycles. The molecule has 0 amide bonds. The fraction of sp³-hybridized carbons (Fsp3) is 0.273. The van der Waals surface area contributed by atoms with Gasteiger partial charge in [-0.2, -0.15) is 0 Å². The van der Waals surface area contributed by atoms with Gasteiger partial charge in [0.1, 0.15) is 23.3 Å². The van der Waals surface area contributed by atoms with Crippen LogP contribution in [-0.4, -0.2) is 19.2 Å². The van der Waals surface area contributed by atoms with E-state index in [2.05, 4.69) is 0 Å². The van der Waals surface area contributed by atoms with Crippen LogP contribution in [0.5, 0.6) is 17.2 Å². The standard InChI is InChI=1S/C22H22O6/c1-4-7-25-21(23)13-26-16-5-6-18-19(11-16)27-12-20(22(18)24)28-17-9-14(2)8-15(3)10-17/h5-6,8-12H,4,7,13H2,1-3H3. The van der Waals surface area contributed by atoms with Crippen molar-refractivity contribution in [1.82, 2.24) is 0 Å². The summed E-state index contributed by atoms with van der Waals surface area (Å²) < 4.78 is 21.6. The van der Waals surface area contributed by atoms with Gasteiger partial charge >= 0.3 is 5.97 Å². The number of ether oxygens (including phenoxy) is 3. The Morgan fingerprint density at radius 3 is 2.50 bits per heavy atom. The van der Waals surface area contributed by atoms with Gasteiger partial charge in [0.15, 0.2) is 6.61 Å². The molecular weight excluding hydrogens is 360 g/mol. The third kappa shape index (κ3) is 4.71. The quantitative estimate of drug-likeness (QED) is 0.559. The second kappa shape index (κ2) is 8.61. The van der Waals surface area contributed by atoms with Crippen molar-refractivity contribution in [3.8, 4) is 17.2 Å². The van der Waals surface area contributed by atoms with Crippen LogP contribution in [0.15, 0.2) is 51.9 Å². The molecule has 0 aliphatic carbocycles. The highest BCUT2D eigenvalue weighted by Crippen LogP contribution is 2.25. The summed E-state index contributed by atoms with van der Waals surface area (Å²) in [5, 5.41) is 0.364. The second-order valence-corrected chi connectivity index (χ2v) is 6.52. The molecule has 2 aromatic carbocycles. The zero-order valence-corrected chi connectivity index (χ0v) is 16.1. The Hall–Kier alpha value is -3.28. The SMILES string of the molecule is CCCOC(=O)COc1ccc2c(=O)c(Oc3cc(C)cc(C)c3)coc2c1. The Morgan fingerprint density at radius 1 is 1.04 bits per heavy atom. The average molecular weight is 382 g/mol. The van der Waals surface area contributed by atoms with E-state index in [-0.39, 0.29) is 17.8 Å². The molecule has 0 bridgehead atoms. The minimum absolute atomic E-state index is 0.106. The molecule has 1 aromatic heterocycles. The molecule has 3 rings (SSSR count). The van der Waals surface area contributed by atoms with Crippen molar-refractivity contribution in [2.75, 3.05) is 13.2 Å². The monoisotopic (exact) mass is 382 g/mol. The number of esters is 1. The fourth-order valence-corrected chi connectivity index (χ4v) is 2.77. The largest absolute Gasteiger partial charge is 0.482 e. The molecule has 0 aliphatic rings. The lowest BCUT2D eigenvalue weighted by Crippen LogP contribution is -2.15. The predicted molar refractivity (Wildman–Crippen MR) is 105 cm³/mol. The normalized spacial score (nSPS) is 10.7. The molecule has 1 heterocycles. The average Bonchev–Trinajstić information content (AvgIpc) is 2.66. The first-order chi connectivity index (χ1) is 13.5. The van der Waals surface area contributed by atoms with Crippen molar-refractivity contribution in [3.05, 3.63) is 64.0 Å². The van der Waals surface area contributed by atoms with Gasteiger partial charge in [0, 0.05) is 6.07 Å². The smallest absolute Gasteiger partial charge is 0.344 e. The molecule has 6 nitrogen and oxygen atoms in total. The minimum atomic E-state index is -0.444. The van der Waals surface area contributed by atoms with E-state index in [1.54, 1.807) is 18.2 Å². The van der Waals surface area contributed by atoms with Crippen LogP contribution in [0.25, 0.3) is 11.0 Å². The van der Waals surface area contributed by atoms with Crippen LogP contribution >= 0.6 is 0 Å². The maximum absolute atomic E-state index is 12.7. The summed E-state index contributed by atoms with van der Waals surface area (Å²) in [6, 6.07) is 10.5. The van der Waals surface area contributed by atoms with Crippen LogP contribution in [0.1, 0.15) is 24.5 Å². The van der Waals surface area contributed by atoms with Crippen molar-refractivity contribution in [2.45, 2.75) is 27.2 Å². The Kier molecular flexibility index (Phi) is 5.99. The Labute approximate surface area is 162 Å².